The second-order valence-corrected chi connectivity index (χ2v) is 9.93. The number of hydrogen-bond acceptors (Lipinski definition) is 11. The molecule has 210 valence electrons. The standard InChI is InChI=1S/C27H23FN6O6S/c28-18-7-3-16(4-8-18)15-22-26(36)33(27(37)41-22)14-2-1-13-29-25(35)17-5-9-19(10-6-17)30-20-11-12-21(34(38)39)24-23(20)31-40-32-24/h3-12,15,30,38-39H,1-2,13-14H2,(H,29,35)/b22-15-. The first-order valence-corrected chi connectivity index (χ1v) is 13.2. The Labute approximate surface area is 236 Å². The summed E-state index contributed by atoms with van der Waals surface area (Å²) in [5.41, 5.74) is 2.66. The molecule has 4 N–H and O–H groups in total. The van der Waals surface area contributed by atoms with Gasteiger partial charge in [0.1, 0.15) is 11.5 Å². The first-order chi connectivity index (χ1) is 19.8. The molecule has 0 unspecified atom stereocenters. The minimum absolute atomic E-state index is 0.000196. The predicted molar refractivity (Wildman–Crippen MR) is 148 cm³/mol. The summed E-state index contributed by atoms with van der Waals surface area (Å²) in [6.45, 7) is 0.586. The Morgan fingerprint density at radius 2 is 1.73 bits per heavy atom. The van der Waals surface area contributed by atoms with Crippen molar-refractivity contribution in [2.45, 2.75) is 12.8 Å². The average Bonchev–Trinajstić information content (AvgIpc) is 3.55. The summed E-state index contributed by atoms with van der Waals surface area (Å²) in [6.07, 6.45) is 2.63. The minimum atomic E-state index is -0.387. The van der Waals surface area contributed by atoms with Crippen molar-refractivity contribution in [3.8, 4) is 0 Å². The zero-order valence-corrected chi connectivity index (χ0v) is 22.1. The van der Waals surface area contributed by atoms with E-state index in [1.54, 1.807) is 36.4 Å². The van der Waals surface area contributed by atoms with E-state index in [0.717, 1.165) is 11.8 Å². The van der Waals surface area contributed by atoms with Crippen molar-refractivity contribution in [3.05, 3.63) is 82.5 Å². The second-order valence-electron chi connectivity index (χ2n) is 8.93. The number of aromatic nitrogens is 2. The lowest BCUT2D eigenvalue weighted by Gasteiger charge is -2.12. The number of anilines is 3. The summed E-state index contributed by atoms with van der Waals surface area (Å²) in [7, 11) is 0. The minimum Gasteiger partial charge on any atom is -0.354 e. The van der Waals surface area contributed by atoms with Gasteiger partial charge in [0.2, 0.25) is 0 Å². The largest absolute Gasteiger partial charge is 0.354 e. The van der Waals surface area contributed by atoms with Gasteiger partial charge in [0.15, 0.2) is 11.0 Å². The van der Waals surface area contributed by atoms with Gasteiger partial charge in [-0.15, -0.1) is 5.23 Å². The number of unbranched alkanes of at least 4 members (excludes halogenated alkanes) is 1. The molecule has 14 heteroatoms. The van der Waals surface area contributed by atoms with E-state index in [1.165, 1.54) is 35.2 Å². The van der Waals surface area contributed by atoms with Crippen LogP contribution in [0.3, 0.4) is 0 Å². The van der Waals surface area contributed by atoms with E-state index in [4.69, 9.17) is 4.63 Å². The number of rotatable bonds is 10. The highest BCUT2D eigenvalue weighted by molar-refractivity contribution is 8.18. The number of hydrogen-bond donors (Lipinski definition) is 4. The van der Waals surface area contributed by atoms with Crippen LogP contribution in [0.15, 0.2) is 70.2 Å². The molecule has 0 saturated carbocycles. The third-order valence-electron chi connectivity index (χ3n) is 6.17. The van der Waals surface area contributed by atoms with Crippen LogP contribution in [0.2, 0.25) is 0 Å². The number of imide groups is 1. The summed E-state index contributed by atoms with van der Waals surface area (Å²) in [5, 5.41) is 31.6. The average molecular weight is 579 g/mol. The summed E-state index contributed by atoms with van der Waals surface area (Å²) in [4.78, 5) is 38.9. The molecule has 41 heavy (non-hydrogen) atoms. The first kappa shape index (κ1) is 27.8. The number of thioether (sulfide) groups is 1. The predicted octanol–water partition coefficient (Wildman–Crippen LogP) is 4.94. The number of carbonyl (C=O) groups is 3. The van der Waals surface area contributed by atoms with Gasteiger partial charge in [-0.25, -0.2) is 9.02 Å². The Morgan fingerprint density at radius 1 is 1.00 bits per heavy atom. The number of amides is 3. The van der Waals surface area contributed by atoms with Gasteiger partial charge in [-0.05, 0) is 95.1 Å². The molecular formula is C27H23FN6O6S. The third-order valence-corrected chi connectivity index (χ3v) is 7.08. The van der Waals surface area contributed by atoms with Gasteiger partial charge < -0.3 is 10.6 Å². The highest BCUT2D eigenvalue weighted by atomic mass is 32.2. The van der Waals surface area contributed by atoms with Gasteiger partial charge in [0.05, 0.1) is 10.6 Å². The van der Waals surface area contributed by atoms with Crippen LogP contribution < -0.4 is 15.9 Å². The fourth-order valence-electron chi connectivity index (χ4n) is 4.08. The molecule has 2 heterocycles. The summed E-state index contributed by atoms with van der Waals surface area (Å²) in [5.74, 6) is -1.04. The van der Waals surface area contributed by atoms with Crippen LogP contribution in [0.25, 0.3) is 17.1 Å². The topological polar surface area (TPSA) is 161 Å². The Kier molecular flexibility index (Phi) is 8.24. The molecule has 0 atom stereocenters. The van der Waals surface area contributed by atoms with E-state index in [-0.39, 0.29) is 56.3 Å². The maximum atomic E-state index is 13.1. The highest BCUT2D eigenvalue weighted by Gasteiger charge is 2.34. The maximum Gasteiger partial charge on any atom is 0.293 e. The van der Waals surface area contributed by atoms with Gasteiger partial charge in [0, 0.05) is 24.3 Å². The van der Waals surface area contributed by atoms with Crippen LogP contribution in [0, 0.1) is 5.82 Å². The highest BCUT2D eigenvalue weighted by Crippen LogP contribution is 2.33. The van der Waals surface area contributed by atoms with Crippen LogP contribution in [0.1, 0.15) is 28.8 Å². The molecular weight excluding hydrogens is 555 g/mol. The first-order valence-electron chi connectivity index (χ1n) is 12.4. The molecule has 5 rings (SSSR count). The van der Waals surface area contributed by atoms with Gasteiger partial charge >= 0.3 is 0 Å². The Hall–Kier alpha value is -4.79. The summed E-state index contributed by atoms with van der Waals surface area (Å²) < 4.78 is 17.8. The Balaban J connectivity index is 1.08. The number of benzene rings is 3. The van der Waals surface area contributed by atoms with Crippen molar-refractivity contribution < 1.29 is 33.8 Å². The van der Waals surface area contributed by atoms with E-state index in [0.29, 0.717) is 41.9 Å². The number of nitrogens with zero attached hydrogens (tertiary/aromatic N) is 4. The molecule has 0 aliphatic carbocycles. The van der Waals surface area contributed by atoms with Crippen molar-refractivity contribution in [3.63, 3.8) is 0 Å². The van der Waals surface area contributed by atoms with E-state index < -0.39 is 0 Å². The van der Waals surface area contributed by atoms with E-state index in [1.807, 2.05) is 0 Å². The van der Waals surface area contributed by atoms with Gasteiger partial charge in [-0.2, -0.15) is 0 Å². The van der Waals surface area contributed by atoms with Gasteiger partial charge in [-0.1, -0.05) is 12.1 Å². The lowest BCUT2D eigenvalue weighted by molar-refractivity contribution is -0.122. The lowest BCUT2D eigenvalue weighted by atomic mass is 10.1. The molecule has 4 aromatic rings. The quantitative estimate of drug-likeness (QED) is 0.115. The van der Waals surface area contributed by atoms with Gasteiger partial charge in [0.25, 0.3) is 17.1 Å². The van der Waals surface area contributed by atoms with Crippen LogP contribution in [-0.2, 0) is 4.79 Å². The third kappa shape index (κ3) is 6.35. The van der Waals surface area contributed by atoms with Crippen molar-refractivity contribution >= 4 is 63.0 Å². The van der Waals surface area contributed by atoms with Crippen molar-refractivity contribution in [2.24, 2.45) is 0 Å². The fourth-order valence-corrected chi connectivity index (χ4v) is 4.94. The Morgan fingerprint density at radius 3 is 2.46 bits per heavy atom. The molecule has 1 fully saturated rings. The summed E-state index contributed by atoms with van der Waals surface area (Å²) >= 11 is 0.848. The van der Waals surface area contributed by atoms with Crippen molar-refractivity contribution in [1.29, 1.82) is 0 Å². The monoisotopic (exact) mass is 578 g/mol. The van der Waals surface area contributed by atoms with E-state index >= 15 is 0 Å². The van der Waals surface area contributed by atoms with Gasteiger partial charge in [-0.3, -0.25) is 29.7 Å². The number of halogens is 1. The van der Waals surface area contributed by atoms with Crippen LogP contribution in [0.4, 0.5) is 26.2 Å². The molecule has 1 saturated heterocycles. The molecule has 1 aromatic heterocycles. The van der Waals surface area contributed by atoms with Crippen molar-refractivity contribution in [2.75, 3.05) is 23.6 Å². The molecule has 1 aliphatic rings. The molecule has 12 nitrogen and oxygen atoms in total. The zero-order chi connectivity index (χ0) is 28.9. The molecule has 3 aromatic carbocycles. The number of nitrogens with one attached hydrogen (secondary N) is 2. The lowest BCUT2D eigenvalue weighted by Crippen LogP contribution is -2.30. The maximum absolute atomic E-state index is 13.1. The zero-order valence-electron chi connectivity index (χ0n) is 21.3. The number of fused-ring (bicyclic) bond motifs is 1. The molecule has 0 radical (unpaired) electrons. The number of carbonyl (C=O) groups excluding carboxylic acids is 3. The van der Waals surface area contributed by atoms with Crippen LogP contribution >= 0.6 is 11.8 Å². The summed E-state index contributed by atoms with van der Waals surface area (Å²) in [6, 6.07) is 15.3. The second kappa shape index (κ2) is 12.2. The molecule has 1 aliphatic heterocycles. The molecule has 0 bridgehead atoms. The van der Waals surface area contributed by atoms with Crippen LogP contribution in [0.5, 0.6) is 0 Å². The SMILES string of the molecule is O=C(NCCCCN1C(=O)S/C(=C\c2ccc(F)cc2)C1=O)c1ccc(Nc2ccc(N(O)O)c3nonc23)cc1. The van der Waals surface area contributed by atoms with Crippen molar-refractivity contribution in [1.82, 2.24) is 20.5 Å². The molecule has 3 amide bonds. The fraction of sp³-hybridized carbons (Fsp3) is 0.148. The molecule has 0 spiro atoms. The smallest absolute Gasteiger partial charge is 0.293 e. The van der Waals surface area contributed by atoms with E-state index in [9.17, 15) is 29.2 Å². The van der Waals surface area contributed by atoms with Crippen LogP contribution in [-0.4, -0.2) is 55.8 Å². The van der Waals surface area contributed by atoms with E-state index in [2.05, 4.69) is 20.9 Å². The normalized spacial score (nSPS) is 14.2. The Bertz CT molecular complexity index is 1620.